The molecule has 0 atom stereocenters. The Morgan fingerprint density at radius 1 is 1.44 bits per heavy atom. The van der Waals surface area contributed by atoms with Crippen molar-refractivity contribution in [2.24, 2.45) is 7.05 Å². The molecule has 7 heteroatoms. The quantitative estimate of drug-likeness (QED) is 0.599. The normalized spacial score (nSPS) is 10.3. The highest BCUT2D eigenvalue weighted by Gasteiger charge is 2.09. The maximum absolute atomic E-state index is 10.4. The standard InChI is InChI=1S/C9H9N5O2/c1-13-9(10)4-8(12-13)7-3-2-6(5-11-7)14(15)16/h2-5H,10H2,1H3. The van der Waals surface area contributed by atoms with E-state index in [-0.39, 0.29) is 5.69 Å². The zero-order valence-electron chi connectivity index (χ0n) is 8.49. The molecular formula is C9H9N5O2. The van der Waals surface area contributed by atoms with Crippen molar-refractivity contribution < 1.29 is 4.92 Å². The van der Waals surface area contributed by atoms with Crippen molar-refractivity contribution in [1.82, 2.24) is 14.8 Å². The minimum atomic E-state index is -0.496. The molecule has 2 aromatic rings. The molecule has 2 N–H and O–H groups in total. The summed E-state index contributed by atoms with van der Waals surface area (Å²) >= 11 is 0. The molecule has 2 aromatic heterocycles. The first-order chi connectivity index (χ1) is 7.58. The minimum Gasteiger partial charge on any atom is -0.384 e. The molecule has 0 aromatic carbocycles. The van der Waals surface area contributed by atoms with Crippen LogP contribution in [0, 0.1) is 10.1 Å². The van der Waals surface area contributed by atoms with Crippen molar-refractivity contribution in [1.29, 1.82) is 0 Å². The maximum atomic E-state index is 10.4. The predicted octanol–water partition coefficient (Wildman–Crippen LogP) is 0.972. The van der Waals surface area contributed by atoms with E-state index in [4.69, 9.17) is 5.73 Å². The highest BCUT2D eigenvalue weighted by molar-refractivity contribution is 5.58. The van der Waals surface area contributed by atoms with Gasteiger partial charge >= 0.3 is 0 Å². The fourth-order valence-electron chi connectivity index (χ4n) is 1.25. The van der Waals surface area contributed by atoms with Gasteiger partial charge < -0.3 is 5.73 Å². The van der Waals surface area contributed by atoms with Gasteiger partial charge in [0.05, 0.1) is 10.6 Å². The van der Waals surface area contributed by atoms with Crippen LogP contribution in [0.1, 0.15) is 0 Å². The van der Waals surface area contributed by atoms with Crippen molar-refractivity contribution in [3.63, 3.8) is 0 Å². The second-order valence-corrected chi connectivity index (χ2v) is 3.24. The number of aryl methyl sites for hydroxylation is 1. The average Bonchev–Trinajstić information content (AvgIpc) is 2.59. The molecule has 0 fully saturated rings. The molecule has 0 amide bonds. The third-order valence-corrected chi connectivity index (χ3v) is 2.14. The molecule has 0 radical (unpaired) electrons. The third kappa shape index (κ3) is 1.70. The number of aromatic nitrogens is 3. The lowest BCUT2D eigenvalue weighted by molar-refractivity contribution is -0.385. The minimum absolute atomic E-state index is 0.0485. The summed E-state index contributed by atoms with van der Waals surface area (Å²) in [5.41, 5.74) is 6.72. The number of nitrogen functional groups attached to an aromatic ring is 1. The number of anilines is 1. The van der Waals surface area contributed by atoms with Crippen LogP contribution < -0.4 is 5.73 Å². The van der Waals surface area contributed by atoms with Gasteiger partial charge in [-0.2, -0.15) is 5.10 Å². The van der Waals surface area contributed by atoms with E-state index >= 15 is 0 Å². The van der Waals surface area contributed by atoms with Crippen LogP contribution in [-0.2, 0) is 7.05 Å². The molecule has 0 aliphatic rings. The Morgan fingerprint density at radius 2 is 2.19 bits per heavy atom. The summed E-state index contributed by atoms with van der Waals surface area (Å²) < 4.78 is 1.51. The number of nitro groups is 1. The van der Waals surface area contributed by atoms with Crippen LogP contribution in [0.25, 0.3) is 11.4 Å². The lowest BCUT2D eigenvalue weighted by atomic mass is 10.2. The molecule has 82 valence electrons. The molecule has 0 spiro atoms. The van der Waals surface area contributed by atoms with Gasteiger partial charge in [0.2, 0.25) is 0 Å². The second-order valence-electron chi connectivity index (χ2n) is 3.24. The zero-order valence-corrected chi connectivity index (χ0v) is 8.49. The van der Waals surface area contributed by atoms with Gasteiger partial charge in [-0.1, -0.05) is 0 Å². The van der Waals surface area contributed by atoms with E-state index in [2.05, 4.69) is 10.1 Å². The second kappa shape index (κ2) is 3.61. The average molecular weight is 219 g/mol. The molecule has 0 saturated carbocycles. The van der Waals surface area contributed by atoms with Crippen molar-refractivity contribution in [3.8, 4) is 11.4 Å². The number of hydrogen-bond donors (Lipinski definition) is 1. The first-order valence-electron chi connectivity index (χ1n) is 4.48. The Bertz CT molecular complexity index is 512. The zero-order chi connectivity index (χ0) is 11.7. The summed E-state index contributed by atoms with van der Waals surface area (Å²) in [5, 5.41) is 14.5. The Labute approximate surface area is 90.7 Å². The van der Waals surface area contributed by atoms with E-state index in [0.29, 0.717) is 17.2 Å². The van der Waals surface area contributed by atoms with Crippen LogP contribution in [-0.4, -0.2) is 19.7 Å². The van der Waals surface area contributed by atoms with Gasteiger partial charge in [-0.25, -0.2) is 4.98 Å². The smallest absolute Gasteiger partial charge is 0.287 e. The van der Waals surface area contributed by atoms with Crippen LogP contribution in [0.4, 0.5) is 11.5 Å². The number of hydrogen-bond acceptors (Lipinski definition) is 5. The molecule has 2 heterocycles. The summed E-state index contributed by atoms with van der Waals surface area (Å²) in [5.74, 6) is 0.509. The molecule has 0 saturated heterocycles. The fourth-order valence-corrected chi connectivity index (χ4v) is 1.25. The fraction of sp³-hybridized carbons (Fsp3) is 0.111. The number of nitrogens with zero attached hydrogens (tertiary/aromatic N) is 4. The molecule has 0 bridgehead atoms. The van der Waals surface area contributed by atoms with E-state index in [9.17, 15) is 10.1 Å². The van der Waals surface area contributed by atoms with E-state index < -0.39 is 4.92 Å². The van der Waals surface area contributed by atoms with E-state index in [0.717, 1.165) is 0 Å². The topological polar surface area (TPSA) is 99.9 Å². The summed E-state index contributed by atoms with van der Waals surface area (Å²) in [4.78, 5) is 13.9. The largest absolute Gasteiger partial charge is 0.384 e. The number of pyridine rings is 1. The van der Waals surface area contributed by atoms with Crippen molar-refractivity contribution >= 4 is 11.5 Å². The summed E-state index contributed by atoms with van der Waals surface area (Å²) in [6.07, 6.45) is 1.19. The van der Waals surface area contributed by atoms with Gasteiger partial charge in [-0.05, 0) is 6.07 Å². The van der Waals surface area contributed by atoms with Crippen LogP contribution in [0.5, 0.6) is 0 Å². The molecule has 2 rings (SSSR count). The van der Waals surface area contributed by atoms with Crippen LogP contribution >= 0.6 is 0 Å². The molecule has 16 heavy (non-hydrogen) atoms. The number of nitrogens with two attached hydrogens (primary N) is 1. The van der Waals surface area contributed by atoms with Crippen LogP contribution in [0.3, 0.4) is 0 Å². The molecule has 0 aliphatic carbocycles. The first kappa shape index (κ1) is 10.1. The van der Waals surface area contributed by atoms with E-state index in [1.54, 1.807) is 19.2 Å². The summed E-state index contributed by atoms with van der Waals surface area (Å²) in [7, 11) is 1.71. The Balaban J connectivity index is 2.38. The van der Waals surface area contributed by atoms with Gasteiger partial charge in [-0.3, -0.25) is 14.8 Å². The van der Waals surface area contributed by atoms with Gasteiger partial charge in [0.25, 0.3) is 5.69 Å². The van der Waals surface area contributed by atoms with Gasteiger partial charge in [0.15, 0.2) is 0 Å². The third-order valence-electron chi connectivity index (χ3n) is 2.14. The van der Waals surface area contributed by atoms with E-state index in [1.807, 2.05) is 0 Å². The lowest BCUT2D eigenvalue weighted by Crippen LogP contribution is -1.96. The molecule has 7 nitrogen and oxygen atoms in total. The molecule has 0 aliphatic heterocycles. The summed E-state index contributed by atoms with van der Waals surface area (Å²) in [6, 6.07) is 4.58. The first-order valence-corrected chi connectivity index (χ1v) is 4.48. The van der Waals surface area contributed by atoms with Gasteiger partial charge in [-0.15, -0.1) is 0 Å². The van der Waals surface area contributed by atoms with Crippen LogP contribution in [0.15, 0.2) is 24.4 Å². The van der Waals surface area contributed by atoms with E-state index in [1.165, 1.54) is 16.9 Å². The Hall–Kier alpha value is -2.44. The highest BCUT2D eigenvalue weighted by Crippen LogP contribution is 2.19. The van der Waals surface area contributed by atoms with Gasteiger partial charge in [0, 0.05) is 19.2 Å². The lowest BCUT2D eigenvalue weighted by Gasteiger charge is -1.94. The predicted molar refractivity (Wildman–Crippen MR) is 57.5 cm³/mol. The SMILES string of the molecule is Cn1nc(-c2ccc([N+](=O)[O-])cn2)cc1N. The molecular weight excluding hydrogens is 210 g/mol. The monoisotopic (exact) mass is 219 g/mol. The maximum Gasteiger partial charge on any atom is 0.287 e. The van der Waals surface area contributed by atoms with Crippen molar-refractivity contribution in [3.05, 3.63) is 34.5 Å². The van der Waals surface area contributed by atoms with Gasteiger partial charge in [0.1, 0.15) is 17.7 Å². The van der Waals surface area contributed by atoms with Crippen molar-refractivity contribution in [2.75, 3.05) is 5.73 Å². The number of rotatable bonds is 2. The van der Waals surface area contributed by atoms with Crippen molar-refractivity contribution in [2.45, 2.75) is 0 Å². The van der Waals surface area contributed by atoms with Crippen LogP contribution in [0.2, 0.25) is 0 Å². The molecule has 0 unspecified atom stereocenters. The highest BCUT2D eigenvalue weighted by atomic mass is 16.6. The Morgan fingerprint density at radius 3 is 2.62 bits per heavy atom. The summed E-state index contributed by atoms with van der Waals surface area (Å²) in [6.45, 7) is 0. The Kier molecular flexibility index (Phi) is 2.28.